The Labute approximate surface area is 175 Å². The summed E-state index contributed by atoms with van der Waals surface area (Å²) in [4.78, 5) is 10.7. The number of benzene rings is 2. The molecule has 0 aromatic heterocycles. The van der Waals surface area contributed by atoms with Gasteiger partial charge in [0, 0.05) is 6.42 Å². The molecule has 0 fully saturated rings. The number of carbonyl (C=O) groups is 1. The number of carboxylic acids is 1. The molecule has 0 saturated carbocycles. The second-order valence-corrected chi connectivity index (χ2v) is 7.47. The van der Waals surface area contributed by atoms with Crippen LogP contribution in [0.1, 0.15) is 42.4 Å². The highest BCUT2D eigenvalue weighted by Gasteiger charge is 2.34. The number of aliphatic carboxylic acids is 1. The zero-order chi connectivity index (χ0) is 21.9. The smallest absolute Gasteiger partial charge is 0.416 e. The molecule has 0 bridgehead atoms. The second-order valence-electron chi connectivity index (χ2n) is 7.06. The molecule has 0 amide bonds. The molecule has 160 valence electrons. The SMILES string of the molecule is O=C(O)CCc1ccc(OCC2=C(c3ccc(Cl)c(F)c3)CCC2)cc1C(F)(F)F. The van der Waals surface area contributed by atoms with Crippen molar-refractivity contribution in [3.05, 3.63) is 69.5 Å². The highest BCUT2D eigenvalue weighted by molar-refractivity contribution is 6.30. The van der Waals surface area contributed by atoms with Gasteiger partial charge in [-0.1, -0.05) is 23.7 Å². The second kappa shape index (κ2) is 9.08. The lowest BCUT2D eigenvalue weighted by atomic mass is 10.0. The van der Waals surface area contributed by atoms with E-state index in [1.54, 1.807) is 6.07 Å². The minimum absolute atomic E-state index is 0.0258. The van der Waals surface area contributed by atoms with Gasteiger partial charge in [-0.2, -0.15) is 13.2 Å². The topological polar surface area (TPSA) is 46.5 Å². The van der Waals surface area contributed by atoms with Gasteiger partial charge in [0.2, 0.25) is 0 Å². The molecule has 1 aliphatic carbocycles. The van der Waals surface area contributed by atoms with E-state index in [0.717, 1.165) is 30.1 Å². The molecule has 3 nitrogen and oxygen atoms in total. The van der Waals surface area contributed by atoms with Gasteiger partial charge >= 0.3 is 12.1 Å². The molecular formula is C22H19ClF4O3. The first-order chi connectivity index (χ1) is 14.1. The maximum absolute atomic E-state index is 13.8. The van der Waals surface area contributed by atoms with E-state index in [9.17, 15) is 22.4 Å². The summed E-state index contributed by atoms with van der Waals surface area (Å²) in [5, 5.41) is 8.76. The fourth-order valence-corrected chi connectivity index (χ4v) is 3.65. The Kier molecular flexibility index (Phi) is 6.71. The Bertz CT molecular complexity index is 983. The molecular weight excluding hydrogens is 424 g/mol. The molecule has 30 heavy (non-hydrogen) atoms. The average molecular weight is 443 g/mol. The molecule has 0 radical (unpaired) electrons. The third kappa shape index (κ3) is 5.33. The van der Waals surface area contributed by atoms with Crippen LogP contribution in [0, 0.1) is 5.82 Å². The fraction of sp³-hybridized carbons (Fsp3) is 0.318. The van der Waals surface area contributed by atoms with Gasteiger partial charge < -0.3 is 9.84 Å². The fourth-order valence-electron chi connectivity index (χ4n) is 3.54. The molecule has 0 unspecified atom stereocenters. The van der Waals surface area contributed by atoms with Crippen LogP contribution < -0.4 is 4.74 Å². The largest absolute Gasteiger partial charge is 0.489 e. The Morgan fingerprint density at radius 2 is 1.90 bits per heavy atom. The normalized spacial score (nSPS) is 14.3. The van der Waals surface area contributed by atoms with Crippen LogP contribution in [-0.4, -0.2) is 17.7 Å². The van der Waals surface area contributed by atoms with Crippen molar-refractivity contribution in [3.63, 3.8) is 0 Å². The van der Waals surface area contributed by atoms with Crippen molar-refractivity contribution < 1.29 is 32.2 Å². The maximum Gasteiger partial charge on any atom is 0.416 e. The van der Waals surface area contributed by atoms with Crippen LogP contribution in [0.25, 0.3) is 5.57 Å². The van der Waals surface area contributed by atoms with Crippen molar-refractivity contribution in [2.24, 2.45) is 0 Å². The molecule has 0 atom stereocenters. The number of aryl methyl sites for hydroxylation is 1. The van der Waals surface area contributed by atoms with Crippen molar-refractivity contribution >= 4 is 23.1 Å². The van der Waals surface area contributed by atoms with Crippen molar-refractivity contribution in [1.29, 1.82) is 0 Å². The van der Waals surface area contributed by atoms with Crippen molar-refractivity contribution in [1.82, 2.24) is 0 Å². The van der Waals surface area contributed by atoms with E-state index >= 15 is 0 Å². The van der Waals surface area contributed by atoms with Crippen LogP contribution in [0.3, 0.4) is 0 Å². The van der Waals surface area contributed by atoms with Gasteiger partial charge in [0.15, 0.2) is 0 Å². The Hall–Kier alpha value is -2.54. The van der Waals surface area contributed by atoms with Crippen molar-refractivity contribution in [3.8, 4) is 5.75 Å². The average Bonchev–Trinajstić information content (AvgIpc) is 3.15. The number of allylic oxidation sites excluding steroid dienone is 1. The Balaban J connectivity index is 1.80. The lowest BCUT2D eigenvalue weighted by Gasteiger charge is -2.15. The molecule has 2 aromatic carbocycles. The van der Waals surface area contributed by atoms with Crippen molar-refractivity contribution in [2.75, 3.05) is 6.61 Å². The van der Waals surface area contributed by atoms with E-state index in [4.69, 9.17) is 21.4 Å². The third-order valence-electron chi connectivity index (χ3n) is 5.01. The Morgan fingerprint density at radius 1 is 1.13 bits per heavy atom. The first kappa shape index (κ1) is 22.2. The quantitative estimate of drug-likeness (QED) is 0.496. The van der Waals surface area contributed by atoms with Crippen LogP contribution in [0.2, 0.25) is 5.02 Å². The number of rotatable bonds is 7. The molecule has 8 heteroatoms. The van der Waals surface area contributed by atoms with E-state index < -0.39 is 29.9 Å². The van der Waals surface area contributed by atoms with Crippen molar-refractivity contribution in [2.45, 2.75) is 38.3 Å². The first-order valence-corrected chi connectivity index (χ1v) is 9.74. The molecule has 0 aliphatic heterocycles. The van der Waals surface area contributed by atoms with E-state index in [1.807, 2.05) is 0 Å². The van der Waals surface area contributed by atoms with Gasteiger partial charge in [0.25, 0.3) is 0 Å². The zero-order valence-electron chi connectivity index (χ0n) is 15.9. The molecule has 0 saturated heterocycles. The van der Waals surface area contributed by atoms with Gasteiger partial charge in [-0.15, -0.1) is 0 Å². The first-order valence-electron chi connectivity index (χ1n) is 9.36. The standard InChI is InChI=1S/C22H19ClF4O3/c23-19-8-5-14(10-20(19)24)17-3-1-2-15(17)12-30-16-7-4-13(6-9-21(28)29)18(11-16)22(25,26)27/h4-5,7-8,10-11H,1-3,6,9,12H2,(H,28,29). The third-order valence-corrected chi connectivity index (χ3v) is 5.31. The van der Waals surface area contributed by atoms with E-state index in [0.29, 0.717) is 12.0 Å². The van der Waals surface area contributed by atoms with E-state index in [1.165, 1.54) is 24.3 Å². The van der Waals surface area contributed by atoms with Crippen LogP contribution in [0.15, 0.2) is 42.0 Å². The summed E-state index contributed by atoms with van der Waals surface area (Å²) in [6.45, 7) is 0.0886. The molecule has 0 spiro atoms. The summed E-state index contributed by atoms with van der Waals surface area (Å²) in [7, 11) is 0. The number of alkyl halides is 3. The minimum Gasteiger partial charge on any atom is -0.489 e. The monoisotopic (exact) mass is 442 g/mol. The maximum atomic E-state index is 13.8. The van der Waals surface area contributed by atoms with Crippen LogP contribution in [0.5, 0.6) is 5.75 Å². The zero-order valence-corrected chi connectivity index (χ0v) is 16.6. The van der Waals surface area contributed by atoms with Gasteiger partial charge in [-0.25, -0.2) is 4.39 Å². The summed E-state index contributed by atoms with van der Waals surface area (Å²) in [6.07, 6.45) is -2.95. The van der Waals surface area contributed by atoms with Gasteiger partial charge in [0.05, 0.1) is 10.6 Å². The lowest BCUT2D eigenvalue weighted by Crippen LogP contribution is -2.11. The highest BCUT2D eigenvalue weighted by Crippen LogP contribution is 2.37. The molecule has 1 aliphatic rings. The summed E-state index contributed by atoms with van der Waals surface area (Å²) in [6, 6.07) is 8.09. The number of halogens is 5. The van der Waals surface area contributed by atoms with E-state index in [2.05, 4.69) is 0 Å². The lowest BCUT2D eigenvalue weighted by molar-refractivity contribution is -0.140. The van der Waals surface area contributed by atoms with Gasteiger partial charge in [-0.05, 0) is 72.2 Å². The van der Waals surface area contributed by atoms with Crippen LogP contribution in [-0.2, 0) is 17.4 Å². The molecule has 3 rings (SSSR count). The van der Waals surface area contributed by atoms with Crippen LogP contribution >= 0.6 is 11.6 Å². The van der Waals surface area contributed by atoms with Crippen LogP contribution in [0.4, 0.5) is 17.6 Å². The minimum atomic E-state index is -4.62. The number of ether oxygens (including phenoxy) is 1. The summed E-state index contributed by atoms with van der Waals surface area (Å²) >= 11 is 5.73. The van der Waals surface area contributed by atoms with Gasteiger partial charge in [-0.3, -0.25) is 4.79 Å². The number of hydrogen-bond donors (Lipinski definition) is 1. The Morgan fingerprint density at radius 3 is 2.57 bits per heavy atom. The number of hydrogen-bond acceptors (Lipinski definition) is 2. The van der Waals surface area contributed by atoms with Gasteiger partial charge in [0.1, 0.15) is 18.2 Å². The summed E-state index contributed by atoms with van der Waals surface area (Å²) < 4.78 is 59.6. The summed E-state index contributed by atoms with van der Waals surface area (Å²) in [5.41, 5.74) is 1.52. The highest BCUT2D eigenvalue weighted by atomic mass is 35.5. The predicted molar refractivity (Wildman–Crippen MR) is 105 cm³/mol. The molecule has 1 N–H and O–H groups in total. The summed E-state index contributed by atoms with van der Waals surface area (Å²) in [5.74, 6) is -1.65. The molecule has 0 heterocycles. The predicted octanol–water partition coefficient (Wildman–Crippen LogP) is 6.53. The van der Waals surface area contributed by atoms with E-state index in [-0.39, 0.29) is 29.4 Å². The molecule has 2 aromatic rings. The number of carboxylic acid groups (broad SMARTS) is 1.